The van der Waals surface area contributed by atoms with E-state index in [0.29, 0.717) is 23.1 Å². The van der Waals surface area contributed by atoms with Gasteiger partial charge in [0.15, 0.2) is 5.13 Å². The van der Waals surface area contributed by atoms with Crippen LogP contribution in [-0.4, -0.2) is 23.8 Å². The van der Waals surface area contributed by atoms with Crippen LogP contribution in [0.15, 0.2) is 111 Å². The first-order chi connectivity index (χ1) is 21.0. The highest BCUT2D eigenvalue weighted by Gasteiger charge is 2.74. The first kappa shape index (κ1) is 26.7. The van der Waals surface area contributed by atoms with Gasteiger partial charge in [-0.3, -0.25) is 4.79 Å². The van der Waals surface area contributed by atoms with E-state index in [0.717, 1.165) is 34.2 Å². The van der Waals surface area contributed by atoms with Gasteiger partial charge in [0.1, 0.15) is 0 Å². The number of carbonyl (C=O) groups is 1. The highest BCUT2D eigenvalue weighted by atomic mass is 32.1. The van der Waals surface area contributed by atoms with Gasteiger partial charge < -0.3 is 10.6 Å². The molecule has 4 aliphatic carbocycles. The maximum absolute atomic E-state index is 12.9. The van der Waals surface area contributed by atoms with E-state index in [-0.39, 0.29) is 16.7 Å². The van der Waals surface area contributed by atoms with Crippen LogP contribution in [0.5, 0.6) is 0 Å². The highest BCUT2D eigenvalue weighted by Crippen LogP contribution is 2.83. The van der Waals surface area contributed by atoms with Crippen LogP contribution in [0, 0.1) is 10.8 Å². The Kier molecular flexibility index (Phi) is 6.24. The summed E-state index contributed by atoms with van der Waals surface area (Å²) in [5, 5.41) is 9.53. The molecule has 1 saturated carbocycles. The van der Waals surface area contributed by atoms with Crippen LogP contribution in [0.25, 0.3) is 11.3 Å². The van der Waals surface area contributed by atoms with Gasteiger partial charge in [0.05, 0.1) is 17.7 Å². The van der Waals surface area contributed by atoms with Crippen molar-refractivity contribution in [2.75, 3.05) is 11.9 Å². The van der Waals surface area contributed by atoms with Gasteiger partial charge in [0, 0.05) is 39.3 Å². The Morgan fingerprint density at radius 3 is 2.84 bits per heavy atom. The fraction of sp³-hybridized carbons (Fsp3) is 0.250. The Balaban J connectivity index is 0.995. The Morgan fingerprint density at radius 1 is 1.12 bits per heavy atom. The fourth-order valence-corrected chi connectivity index (χ4v) is 9.35. The topological polar surface area (TPSA) is 66.4 Å². The molecule has 0 saturated heterocycles. The Hall–Kier alpha value is -3.94. The molecule has 7 heteroatoms. The molecular weight excluding hydrogens is 569 g/mol. The number of amides is 1. The number of para-hydroxylation sites is 1. The lowest BCUT2D eigenvalue weighted by molar-refractivity contribution is -0.0336. The first-order valence-electron chi connectivity index (χ1n) is 14.9. The van der Waals surface area contributed by atoms with Gasteiger partial charge in [0.2, 0.25) is 0 Å². The molecule has 1 amide bonds. The van der Waals surface area contributed by atoms with Crippen LogP contribution in [0.2, 0.25) is 0 Å². The van der Waals surface area contributed by atoms with Crippen molar-refractivity contribution in [2.24, 2.45) is 15.8 Å². The van der Waals surface area contributed by atoms with Crippen LogP contribution in [0.4, 0.5) is 10.8 Å². The SMILES string of the molecule is CC12C3CC1(CNc1nc(-c4cccc(C(=O)NC=Nc5ccccc5S)c4)cs1)C1=C(CCC=C1)C2c1ccccc13. The maximum Gasteiger partial charge on any atom is 0.256 e. The summed E-state index contributed by atoms with van der Waals surface area (Å²) in [6.07, 6.45) is 9.73. The predicted octanol–water partition coefficient (Wildman–Crippen LogP) is 8.54. The Labute approximate surface area is 261 Å². The van der Waals surface area contributed by atoms with Gasteiger partial charge >= 0.3 is 0 Å². The summed E-state index contributed by atoms with van der Waals surface area (Å²) in [5.74, 6) is 0.927. The predicted molar refractivity (Wildman–Crippen MR) is 178 cm³/mol. The quantitative estimate of drug-likeness (QED) is 0.113. The van der Waals surface area contributed by atoms with E-state index in [1.54, 1.807) is 39.7 Å². The lowest BCUT2D eigenvalue weighted by atomic mass is 9.43. The molecular formula is C36H32N4OS2. The van der Waals surface area contributed by atoms with Crippen molar-refractivity contribution >= 4 is 47.0 Å². The number of benzene rings is 3. The summed E-state index contributed by atoms with van der Waals surface area (Å²) in [5.41, 5.74) is 9.76. The number of aromatic nitrogens is 1. The molecule has 214 valence electrons. The molecule has 1 heterocycles. The molecule has 4 aromatic rings. The molecule has 5 nitrogen and oxygen atoms in total. The van der Waals surface area contributed by atoms with Crippen molar-refractivity contribution in [1.29, 1.82) is 0 Å². The minimum absolute atomic E-state index is 0.118. The molecule has 2 N–H and O–H groups in total. The zero-order valence-electron chi connectivity index (χ0n) is 23.9. The number of nitrogens with one attached hydrogen (secondary N) is 2. The van der Waals surface area contributed by atoms with E-state index in [9.17, 15) is 4.79 Å². The van der Waals surface area contributed by atoms with Gasteiger partial charge in [0.25, 0.3) is 5.91 Å². The highest BCUT2D eigenvalue weighted by molar-refractivity contribution is 7.80. The minimum Gasteiger partial charge on any atom is -0.361 e. The Morgan fingerprint density at radius 2 is 1.95 bits per heavy atom. The van der Waals surface area contributed by atoms with Crippen LogP contribution >= 0.6 is 24.0 Å². The third kappa shape index (κ3) is 3.94. The number of allylic oxidation sites excluding steroid dienone is 3. The first-order valence-corrected chi connectivity index (χ1v) is 16.2. The summed E-state index contributed by atoms with van der Waals surface area (Å²) in [6, 6.07) is 24.3. The van der Waals surface area contributed by atoms with Gasteiger partial charge in [-0.2, -0.15) is 0 Å². The van der Waals surface area contributed by atoms with Crippen molar-refractivity contribution in [1.82, 2.24) is 10.3 Å². The van der Waals surface area contributed by atoms with E-state index in [1.165, 1.54) is 19.2 Å². The number of aliphatic imine (C=N–C) groups is 1. The molecule has 1 aromatic heterocycles. The van der Waals surface area contributed by atoms with Crippen molar-refractivity contribution in [3.63, 3.8) is 0 Å². The summed E-state index contributed by atoms with van der Waals surface area (Å²) in [7, 11) is 0. The standard InChI is InChI=1S/C36H32N4OS2/c1-35-28-18-36(35,27-14-5-4-13-26(27)32(35)25-12-3-2-11-24(25)28)20-37-34-40-30(19-43-34)22-9-8-10-23(17-22)33(41)39-21-38-29-15-6-7-16-31(29)42/h2-3,5-12,14-17,19,21,28,32,42H,4,13,18,20H2,1H3,(H,37,40)(H,38,39,41). The number of thiazole rings is 1. The van der Waals surface area contributed by atoms with Gasteiger partial charge in [-0.25, -0.2) is 9.98 Å². The summed E-state index contributed by atoms with van der Waals surface area (Å²) in [6.45, 7) is 3.43. The van der Waals surface area contributed by atoms with Crippen molar-refractivity contribution in [3.05, 3.63) is 118 Å². The van der Waals surface area contributed by atoms with Crippen LogP contribution < -0.4 is 10.6 Å². The average molecular weight is 601 g/mol. The molecule has 1 fully saturated rings. The zero-order valence-corrected chi connectivity index (χ0v) is 25.6. The molecule has 0 bridgehead atoms. The third-order valence-electron chi connectivity index (χ3n) is 10.4. The molecule has 4 atom stereocenters. The third-order valence-corrected chi connectivity index (χ3v) is 11.6. The van der Waals surface area contributed by atoms with Gasteiger partial charge in [-0.1, -0.05) is 73.2 Å². The second-order valence-corrected chi connectivity index (χ2v) is 13.6. The van der Waals surface area contributed by atoms with Crippen molar-refractivity contribution in [3.8, 4) is 11.3 Å². The van der Waals surface area contributed by atoms with E-state index in [2.05, 4.69) is 77.0 Å². The van der Waals surface area contributed by atoms with Crippen molar-refractivity contribution < 1.29 is 4.79 Å². The number of nitrogens with zero attached hydrogens (tertiary/aromatic N) is 2. The van der Waals surface area contributed by atoms with E-state index in [1.807, 2.05) is 42.5 Å². The lowest BCUT2D eigenvalue weighted by Crippen LogP contribution is -2.56. The van der Waals surface area contributed by atoms with E-state index in [4.69, 9.17) is 4.98 Å². The number of anilines is 1. The number of fused-ring (bicyclic) bond motifs is 5. The van der Waals surface area contributed by atoms with Gasteiger partial charge in [-0.05, 0) is 71.6 Å². The summed E-state index contributed by atoms with van der Waals surface area (Å²) in [4.78, 5) is 22.9. The average Bonchev–Trinajstić information content (AvgIpc) is 3.62. The van der Waals surface area contributed by atoms with Crippen LogP contribution in [0.3, 0.4) is 0 Å². The van der Waals surface area contributed by atoms with Crippen LogP contribution in [-0.2, 0) is 0 Å². The van der Waals surface area contributed by atoms with Crippen LogP contribution in [0.1, 0.15) is 59.5 Å². The molecule has 8 rings (SSSR count). The second kappa shape index (κ2) is 10.1. The number of hydrogen-bond acceptors (Lipinski definition) is 6. The monoisotopic (exact) mass is 600 g/mol. The maximum atomic E-state index is 12.9. The summed E-state index contributed by atoms with van der Waals surface area (Å²) >= 11 is 6.03. The summed E-state index contributed by atoms with van der Waals surface area (Å²) < 4.78 is 0. The largest absolute Gasteiger partial charge is 0.361 e. The second-order valence-electron chi connectivity index (χ2n) is 12.3. The smallest absolute Gasteiger partial charge is 0.256 e. The minimum atomic E-state index is -0.222. The van der Waals surface area contributed by atoms with Crippen molar-refractivity contribution in [2.45, 2.75) is 42.9 Å². The number of rotatable bonds is 7. The fourth-order valence-electron chi connectivity index (χ4n) is 8.41. The molecule has 4 aliphatic rings. The van der Waals surface area contributed by atoms with Gasteiger partial charge in [-0.15, -0.1) is 24.0 Å². The van der Waals surface area contributed by atoms with E-state index >= 15 is 0 Å². The molecule has 0 aliphatic heterocycles. The van der Waals surface area contributed by atoms with E-state index < -0.39 is 0 Å². The lowest BCUT2D eigenvalue weighted by Gasteiger charge is -2.60. The molecule has 3 aromatic carbocycles. The molecule has 4 unspecified atom stereocenters. The molecule has 43 heavy (non-hydrogen) atoms. The Bertz CT molecular complexity index is 1870. The molecule has 0 radical (unpaired) electrons. The molecule has 0 spiro atoms. The normalized spacial score (nSPS) is 26.2. The number of thiol groups is 1. The number of carbonyl (C=O) groups excluding carboxylic acids is 1. The zero-order chi connectivity index (χ0) is 29.2. The number of hydrogen-bond donors (Lipinski definition) is 3.